The highest BCUT2D eigenvalue weighted by molar-refractivity contribution is 5.80. The molecule has 0 spiro atoms. The molecule has 0 unspecified atom stereocenters. The second-order valence-corrected chi connectivity index (χ2v) is 7.80. The maximum absolute atomic E-state index is 12.2. The summed E-state index contributed by atoms with van der Waals surface area (Å²) < 4.78 is 11.1. The van der Waals surface area contributed by atoms with Crippen molar-refractivity contribution in [2.24, 2.45) is 5.92 Å². The number of carbonyl (C=O) groups is 2. The predicted octanol–water partition coefficient (Wildman–Crippen LogP) is -0.184. The van der Waals surface area contributed by atoms with E-state index in [9.17, 15) is 14.7 Å². The van der Waals surface area contributed by atoms with E-state index in [1.54, 1.807) is 0 Å². The van der Waals surface area contributed by atoms with E-state index in [4.69, 9.17) is 9.47 Å². The van der Waals surface area contributed by atoms with Crippen LogP contribution in [0.15, 0.2) is 12.2 Å². The van der Waals surface area contributed by atoms with Gasteiger partial charge < -0.3 is 25.2 Å². The molecule has 0 aromatic heterocycles. The fourth-order valence-electron chi connectivity index (χ4n) is 3.70. The lowest BCUT2D eigenvalue weighted by Crippen LogP contribution is -2.51. The van der Waals surface area contributed by atoms with Gasteiger partial charge in [-0.15, -0.1) is 0 Å². The van der Waals surface area contributed by atoms with Gasteiger partial charge in [-0.25, -0.2) is 0 Å². The Hall–Kier alpha value is -1.48. The molecule has 158 valence electrons. The Morgan fingerprint density at radius 1 is 1.18 bits per heavy atom. The molecule has 2 amide bonds. The quantitative estimate of drug-likeness (QED) is 0.370. The highest BCUT2D eigenvalue weighted by Gasteiger charge is 2.32. The Morgan fingerprint density at radius 2 is 1.96 bits per heavy atom. The fraction of sp³-hybridized carbons (Fsp3) is 0.800. The summed E-state index contributed by atoms with van der Waals surface area (Å²) >= 11 is 0. The summed E-state index contributed by atoms with van der Waals surface area (Å²) in [6.07, 6.45) is 6.84. The van der Waals surface area contributed by atoms with Crippen molar-refractivity contribution in [3.63, 3.8) is 0 Å². The number of amides is 2. The first-order chi connectivity index (χ1) is 13.7. The molecule has 3 atom stereocenters. The maximum atomic E-state index is 12.2. The topological polar surface area (TPSA) is 100 Å². The largest absolute Gasteiger partial charge is 0.394 e. The van der Waals surface area contributed by atoms with Crippen molar-refractivity contribution in [2.75, 3.05) is 46.0 Å². The molecule has 1 saturated carbocycles. The van der Waals surface area contributed by atoms with Crippen molar-refractivity contribution in [1.29, 1.82) is 0 Å². The van der Waals surface area contributed by atoms with Crippen LogP contribution in [0.5, 0.6) is 0 Å². The van der Waals surface area contributed by atoms with Crippen LogP contribution in [0.1, 0.15) is 32.1 Å². The van der Waals surface area contributed by atoms with Gasteiger partial charge in [-0.05, 0) is 25.8 Å². The molecule has 1 saturated heterocycles. The lowest BCUT2D eigenvalue weighted by Gasteiger charge is -2.33. The van der Waals surface area contributed by atoms with Crippen molar-refractivity contribution >= 4 is 11.8 Å². The first-order valence-electron chi connectivity index (χ1n) is 10.5. The molecule has 8 heteroatoms. The van der Waals surface area contributed by atoms with Crippen LogP contribution in [0.4, 0.5) is 0 Å². The Bertz CT molecular complexity index is 546. The minimum atomic E-state index is -0.520. The SMILES string of the molecule is O=C(C[C@H]1C=C[C@H](NC(=O)C2CCC2)[C@H](CO)O1)NCCCN1CCOCC1. The lowest BCUT2D eigenvalue weighted by atomic mass is 9.84. The Labute approximate surface area is 166 Å². The standard InChI is InChI=1S/C20H33N3O5/c24-14-18-17(22-20(26)15-3-1-4-15)6-5-16(28-18)13-19(25)21-7-2-8-23-9-11-27-12-10-23/h5-6,15-18,24H,1-4,7-14H2,(H,21,25)(H,22,26)/t16-,17+,18+/m1/s1. The first-order valence-corrected chi connectivity index (χ1v) is 10.5. The summed E-state index contributed by atoms with van der Waals surface area (Å²) in [5.41, 5.74) is 0. The average Bonchev–Trinajstić information content (AvgIpc) is 2.66. The van der Waals surface area contributed by atoms with Gasteiger partial charge in [0.1, 0.15) is 6.10 Å². The van der Waals surface area contributed by atoms with E-state index in [-0.39, 0.29) is 42.9 Å². The Balaban J connectivity index is 1.35. The third-order valence-electron chi connectivity index (χ3n) is 5.71. The van der Waals surface area contributed by atoms with Gasteiger partial charge in [0.2, 0.25) is 11.8 Å². The highest BCUT2D eigenvalue weighted by atomic mass is 16.5. The van der Waals surface area contributed by atoms with Crippen LogP contribution in [0, 0.1) is 5.92 Å². The van der Waals surface area contributed by atoms with Crippen LogP contribution < -0.4 is 10.6 Å². The second kappa shape index (κ2) is 10.9. The average molecular weight is 396 g/mol. The van der Waals surface area contributed by atoms with Crippen LogP contribution in [0.25, 0.3) is 0 Å². The molecular weight excluding hydrogens is 362 g/mol. The predicted molar refractivity (Wildman–Crippen MR) is 104 cm³/mol. The number of hydrogen-bond donors (Lipinski definition) is 3. The van der Waals surface area contributed by atoms with Crippen molar-refractivity contribution in [1.82, 2.24) is 15.5 Å². The van der Waals surface area contributed by atoms with E-state index >= 15 is 0 Å². The summed E-state index contributed by atoms with van der Waals surface area (Å²) in [5, 5.41) is 15.5. The van der Waals surface area contributed by atoms with Crippen molar-refractivity contribution in [2.45, 2.75) is 50.4 Å². The Kier molecular flexibility index (Phi) is 8.27. The van der Waals surface area contributed by atoms with Crippen molar-refractivity contribution in [3.8, 4) is 0 Å². The summed E-state index contributed by atoms with van der Waals surface area (Å²) in [7, 11) is 0. The summed E-state index contributed by atoms with van der Waals surface area (Å²) in [6, 6.07) is -0.342. The van der Waals surface area contributed by atoms with Gasteiger partial charge in [0.25, 0.3) is 0 Å². The third-order valence-corrected chi connectivity index (χ3v) is 5.71. The van der Waals surface area contributed by atoms with Crippen LogP contribution in [0.3, 0.4) is 0 Å². The van der Waals surface area contributed by atoms with E-state index in [2.05, 4.69) is 15.5 Å². The molecule has 28 heavy (non-hydrogen) atoms. The van der Waals surface area contributed by atoms with Gasteiger partial charge in [0.15, 0.2) is 0 Å². The molecular formula is C20H33N3O5. The van der Waals surface area contributed by atoms with Crippen molar-refractivity contribution in [3.05, 3.63) is 12.2 Å². The lowest BCUT2D eigenvalue weighted by molar-refractivity contribution is -0.131. The number of aliphatic hydroxyl groups excluding tert-OH is 1. The number of morpholine rings is 1. The minimum absolute atomic E-state index is 0.0272. The minimum Gasteiger partial charge on any atom is -0.394 e. The third kappa shape index (κ3) is 6.27. The summed E-state index contributed by atoms with van der Waals surface area (Å²) in [6.45, 7) is 4.87. The number of aliphatic hydroxyl groups is 1. The zero-order chi connectivity index (χ0) is 19.8. The molecule has 0 aromatic carbocycles. The molecule has 3 rings (SSSR count). The molecule has 0 aromatic rings. The van der Waals surface area contributed by atoms with Crippen LogP contribution in [-0.4, -0.2) is 86.1 Å². The fourth-order valence-corrected chi connectivity index (χ4v) is 3.70. The molecule has 3 N–H and O–H groups in total. The van der Waals surface area contributed by atoms with E-state index in [0.717, 1.165) is 58.5 Å². The first kappa shape index (κ1) is 21.2. The van der Waals surface area contributed by atoms with E-state index in [1.165, 1.54) is 0 Å². The normalized spacial score (nSPS) is 28.5. The number of ether oxygens (including phenoxy) is 2. The molecule has 8 nitrogen and oxygen atoms in total. The van der Waals surface area contributed by atoms with Crippen LogP contribution in [0.2, 0.25) is 0 Å². The van der Waals surface area contributed by atoms with E-state index in [0.29, 0.717) is 6.54 Å². The zero-order valence-electron chi connectivity index (χ0n) is 16.5. The number of hydrogen-bond acceptors (Lipinski definition) is 6. The maximum Gasteiger partial charge on any atom is 0.223 e. The van der Waals surface area contributed by atoms with Crippen molar-refractivity contribution < 1.29 is 24.2 Å². The molecule has 2 heterocycles. The van der Waals surface area contributed by atoms with Crippen LogP contribution in [-0.2, 0) is 19.1 Å². The number of carbonyl (C=O) groups excluding carboxylic acids is 2. The van der Waals surface area contributed by atoms with Gasteiger partial charge >= 0.3 is 0 Å². The number of rotatable bonds is 9. The van der Waals surface area contributed by atoms with Crippen LogP contribution >= 0.6 is 0 Å². The van der Waals surface area contributed by atoms with Gasteiger partial charge in [-0.1, -0.05) is 18.6 Å². The summed E-state index contributed by atoms with van der Waals surface area (Å²) in [5.74, 6) is 0.0541. The van der Waals surface area contributed by atoms with Gasteiger partial charge in [0, 0.05) is 25.6 Å². The smallest absolute Gasteiger partial charge is 0.223 e. The molecule has 2 fully saturated rings. The molecule has 2 aliphatic heterocycles. The molecule has 0 radical (unpaired) electrons. The van der Waals surface area contributed by atoms with Gasteiger partial charge in [0.05, 0.1) is 38.4 Å². The highest BCUT2D eigenvalue weighted by Crippen LogP contribution is 2.27. The van der Waals surface area contributed by atoms with E-state index < -0.39 is 6.10 Å². The number of nitrogens with zero attached hydrogens (tertiary/aromatic N) is 1. The van der Waals surface area contributed by atoms with Gasteiger partial charge in [-0.3, -0.25) is 14.5 Å². The molecule has 3 aliphatic rings. The monoisotopic (exact) mass is 395 g/mol. The number of nitrogens with one attached hydrogen (secondary N) is 2. The summed E-state index contributed by atoms with van der Waals surface area (Å²) in [4.78, 5) is 26.6. The zero-order valence-corrected chi connectivity index (χ0v) is 16.5. The van der Waals surface area contributed by atoms with Gasteiger partial charge in [-0.2, -0.15) is 0 Å². The molecule has 0 bridgehead atoms. The Morgan fingerprint density at radius 3 is 2.64 bits per heavy atom. The van der Waals surface area contributed by atoms with E-state index in [1.807, 2.05) is 12.2 Å². The molecule has 1 aliphatic carbocycles. The second-order valence-electron chi connectivity index (χ2n) is 7.80.